The van der Waals surface area contributed by atoms with Gasteiger partial charge in [-0.05, 0) is 36.4 Å². The van der Waals surface area contributed by atoms with E-state index in [1.54, 1.807) is 12.4 Å². The molecular formula is C18H14N4. The second-order valence-electron chi connectivity index (χ2n) is 5.04. The van der Waals surface area contributed by atoms with Gasteiger partial charge in [0.25, 0.3) is 0 Å². The van der Waals surface area contributed by atoms with E-state index in [0.717, 1.165) is 33.7 Å². The van der Waals surface area contributed by atoms with E-state index >= 15 is 0 Å². The van der Waals surface area contributed by atoms with Crippen LogP contribution in [0, 0.1) is 0 Å². The normalized spacial score (nSPS) is 10.7. The first-order valence-electron chi connectivity index (χ1n) is 7.10. The molecule has 3 aromatic heterocycles. The predicted molar refractivity (Wildman–Crippen MR) is 89.0 cm³/mol. The number of pyridine rings is 2. The lowest BCUT2D eigenvalue weighted by atomic mass is 10.2. The Bertz CT molecular complexity index is 898. The Kier molecular flexibility index (Phi) is 3.05. The van der Waals surface area contributed by atoms with Crippen LogP contribution in [-0.2, 0) is 0 Å². The van der Waals surface area contributed by atoms with E-state index in [-0.39, 0.29) is 0 Å². The second kappa shape index (κ2) is 5.33. The summed E-state index contributed by atoms with van der Waals surface area (Å²) in [5.41, 5.74) is 4.16. The Hall–Kier alpha value is -3.14. The molecule has 4 heteroatoms. The van der Waals surface area contributed by atoms with Gasteiger partial charge in [0.1, 0.15) is 5.82 Å². The number of fused-ring (bicyclic) bond motifs is 1. The molecule has 0 unspecified atom stereocenters. The molecule has 0 aliphatic heterocycles. The zero-order valence-corrected chi connectivity index (χ0v) is 11.8. The molecule has 4 rings (SSSR count). The number of anilines is 2. The minimum Gasteiger partial charge on any atom is -0.354 e. The fraction of sp³-hybridized carbons (Fsp3) is 0. The van der Waals surface area contributed by atoms with Gasteiger partial charge in [0.05, 0.1) is 5.52 Å². The van der Waals surface area contributed by atoms with Gasteiger partial charge in [-0.1, -0.05) is 18.2 Å². The van der Waals surface area contributed by atoms with Crippen molar-refractivity contribution < 1.29 is 0 Å². The van der Waals surface area contributed by atoms with Crippen LogP contribution >= 0.6 is 0 Å². The van der Waals surface area contributed by atoms with Crippen LogP contribution in [-0.4, -0.2) is 15.0 Å². The largest absolute Gasteiger partial charge is 0.354 e. The fourth-order valence-corrected chi connectivity index (χ4v) is 2.49. The summed E-state index contributed by atoms with van der Waals surface area (Å²) in [4.78, 5) is 12.1. The van der Waals surface area contributed by atoms with Crippen LogP contribution in [0.25, 0.3) is 22.2 Å². The highest BCUT2D eigenvalue weighted by Crippen LogP contribution is 2.28. The van der Waals surface area contributed by atoms with E-state index in [4.69, 9.17) is 0 Å². The molecule has 2 N–H and O–H groups in total. The van der Waals surface area contributed by atoms with E-state index in [1.165, 1.54) is 0 Å². The van der Waals surface area contributed by atoms with E-state index in [2.05, 4.69) is 26.3 Å². The van der Waals surface area contributed by atoms with Crippen molar-refractivity contribution in [2.24, 2.45) is 0 Å². The first-order chi connectivity index (χ1) is 10.9. The van der Waals surface area contributed by atoms with Gasteiger partial charge < -0.3 is 10.3 Å². The summed E-state index contributed by atoms with van der Waals surface area (Å²) >= 11 is 0. The maximum atomic E-state index is 4.46. The number of benzene rings is 1. The summed E-state index contributed by atoms with van der Waals surface area (Å²) in [7, 11) is 0. The molecule has 3 heterocycles. The number of hydrogen-bond donors (Lipinski definition) is 2. The molecule has 0 bridgehead atoms. The van der Waals surface area contributed by atoms with Gasteiger partial charge in [-0.2, -0.15) is 0 Å². The van der Waals surface area contributed by atoms with Crippen molar-refractivity contribution in [1.82, 2.24) is 15.0 Å². The number of rotatable bonds is 3. The van der Waals surface area contributed by atoms with Gasteiger partial charge in [-0.15, -0.1) is 0 Å². The molecule has 0 aliphatic rings. The SMILES string of the molecule is c1ccc(Nc2nccc3[nH]c(-c4cccnc4)cc23)cc1. The summed E-state index contributed by atoms with van der Waals surface area (Å²) in [6, 6.07) is 18.1. The van der Waals surface area contributed by atoms with Crippen LogP contribution in [0.15, 0.2) is 73.2 Å². The molecule has 0 amide bonds. The van der Waals surface area contributed by atoms with Gasteiger partial charge in [0, 0.05) is 40.9 Å². The Balaban J connectivity index is 1.78. The molecular weight excluding hydrogens is 272 g/mol. The van der Waals surface area contributed by atoms with E-state index in [1.807, 2.05) is 54.7 Å². The van der Waals surface area contributed by atoms with Crippen LogP contribution in [0.1, 0.15) is 0 Å². The van der Waals surface area contributed by atoms with Crippen molar-refractivity contribution in [1.29, 1.82) is 0 Å². The maximum absolute atomic E-state index is 4.46. The van der Waals surface area contributed by atoms with Crippen molar-refractivity contribution in [3.05, 3.63) is 73.2 Å². The average Bonchev–Trinajstić information content (AvgIpc) is 3.02. The summed E-state index contributed by atoms with van der Waals surface area (Å²) in [6.45, 7) is 0. The first-order valence-corrected chi connectivity index (χ1v) is 7.10. The molecule has 0 saturated carbocycles. The highest BCUT2D eigenvalue weighted by atomic mass is 15.0. The summed E-state index contributed by atoms with van der Waals surface area (Å²) in [6.07, 6.45) is 5.43. The number of aromatic amines is 1. The monoisotopic (exact) mass is 286 g/mol. The first kappa shape index (κ1) is 12.6. The Morgan fingerprint density at radius 1 is 0.909 bits per heavy atom. The number of para-hydroxylation sites is 1. The lowest BCUT2D eigenvalue weighted by Crippen LogP contribution is -1.92. The third-order valence-corrected chi connectivity index (χ3v) is 3.56. The van der Waals surface area contributed by atoms with Gasteiger partial charge in [0.2, 0.25) is 0 Å². The third-order valence-electron chi connectivity index (χ3n) is 3.56. The van der Waals surface area contributed by atoms with Crippen LogP contribution in [0.3, 0.4) is 0 Å². The number of nitrogens with zero attached hydrogens (tertiary/aromatic N) is 2. The average molecular weight is 286 g/mol. The molecule has 0 fully saturated rings. The van der Waals surface area contributed by atoms with Crippen molar-refractivity contribution in [2.45, 2.75) is 0 Å². The fourth-order valence-electron chi connectivity index (χ4n) is 2.49. The minimum atomic E-state index is 0.843. The van der Waals surface area contributed by atoms with Crippen LogP contribution in [0.5, 0.6) is 0 Å². The second-order valence-corrected chi connectivity index (χ2v) is 5.04. The quantitative estimate of drug-likeness (QED) is 0.588. The molecule has 4 aromatic rings. The molecule has 106 valence electrons. The molecule has 1 aromatic carbocycles. The standard InChI is InChI=1S/C18H14N4/c1-2-6-14(7-3-1)21-18-15-11-17(13-5-4-9-19-12-13)22-16(15)8-10-20-18/h1-12,22H,(H,20,21). The van der Waals surface area contributed by atoms with Gasteiger partial charge in [0.15, 0.2) is 0 Å². The van der Waals surface area contributed by atoms with Crippen molar-refractivity contribution in [3.8, 4) is 11.3 Å². The highest BCUT2D eigenvalue weighted by Gasteiger charge is 2.08. The van der Waals surface area contributed by atoms with Gasteiger partial charge >= 0.3 is 0 Å². The van der Waals surface area contributed by atoms with Crippen LogP contribution < -0.4 is 5.32 Å². The molecule has 4 nitrogen and oxygen atoms in total. The smallest absolute Gasteiger partial charge is 0.139 e. The summed E-state index contributed by atoms with van der Waals surface area (Å²) < 4.78 is 0. The lowest BCUT2D eigenvalue weighted by Gasteiger charge is -2.05. The van der Waals surface area contributed by atoms with Gasteiger partial charge in [-0.3, -0.25) is 4.98 Å². The lowest BCUT2D eigenvalue weighted by molar-refractivity contribution is 1.31. The topological polar surface area (TPSA) is 53.6 Å². The summed E-state index contributed by atoms with van der Waals surface area (Å²) in [5.74, 6) is 0.843. The number of nitrogens with one attached hydrogen (secondary N) is 2. The van der Waals surface area contributed by atoms with Gasteiger partial charge in [-0.25, -0.2) is 4.98 Å². The minimum absolute atomic E-state index is 0.843. The maximum Gasteiger partial charge on any atom is 0.139 e. The Morgan fingerprint density at radius 2 is 1.82 bits per heavy atom. The zero-order valence-electron chi connectivity index (χ0n) is 11.8. The molecule has 0 spiro atoms. The van der Waals surface area contributed by atoms with Crippen molar-refractivity contribution in [3.63, 3.8) is 0 Å². The Labute approximate surface area is 127 Å². The van der Waals surface area contributed by atoms with Crippen LogP contribution in [0.4, 0.5) is 11.5 Å². The highest BCUT2D eigenvalue weighted by molar-refractivity contribution is 5.95. The molecule has 22 heavy (non-hydrogen) atoms. The molecule has 0 radical (unpaired) electrons. The van der Waals surface area contributed by atoms with Crippen molar-refractivity contribution in [2.75, 3.05) is 5.32 Å². The van der Waals surface area contributed by atoms with E-state index < -0.39 is 0 Å². The zero-order chi connectivity index (χ0) is 14.8. The van der Waals surface area contributed by atoms with E-state index in [0.29, 0.717) is 0 Å². The van der Waals surface area contributed by atoms with E-state index in [9.17, 15) is 0 Å². The summed E-state index contributed by atoms with van der Waals surface area (Å²) in [5, 5.41) is 4.43. The molecule has 0 saturated heterocycles. The molecule has 0 atom stereocenters. The third kappa shape index (κ3) is 2.31. The molecule has 0 aliphatic carbocycles. The predicted octanol–water partition coefficient (Wildman–Crippen LogP) is 4.37. The Morgan fingerprint density at radius 3 is 2.64 bits per heavy atom. The number of H-pyrrole nitrogens is 1. The number of aromatic nitrogens is 3. The number of hydrogen-bond acceptors (Lipinski definition) is 3. The van der Waals surface area contributed by atoms with Crippen molar-refractivity contribution >= 4 is 22.4 Å². The van der Waals surface area contributed by atoms with Crippen LogP contribution in [0.2, 0.25) is 0 Å².